The average Bonchev–Trinajstić information content (AvgIpc) is 2.66. The van der Waals surface area contributed by atoms with E-state index in [0.29, 0.717) is 19.6 Å². The highest BCUT2D eigenvalue weighted by Crippen LogP contribution is 2.29. The zero-order valence-electron chi connectivity index (χ0n) is 15.7. The van der Waals surface area contributed by atoms with E-state index in [1.165, 1.54) is 11.1 Å². The molecule has 0 atom stereocenters. The number of carboxylic acids is 1. The lowest BCUT2D eigenvalue weighted by molar-refractivity contribution is -0.136. The summed E-state index contributed by atoms with van der Waals surface area (Å²) in [6, 6.07) is 17.9. The summed E-state index contributed by atoms with van der Waals surface area (Å²) in [7, 11) is 0. The molecule has 0 saturated heterocycles. The van der Waals surface area contributed by atoms with E-state index in [0.717, 1.165) is 27.8 Å². The molecule has 0 heterocycles. The van der Waals surface area contributed by atoms with E-state index in [-0.39, 0.29) is 6.42 Å². The lowest BCUT2D eigenvalue weighted by Crippen LogP contribution is -2.10. The van der Waals surface area contributed by atoms with Crippen LogP contribution >= 0.6 is 0 Å². The van der Waals surface area contributed by atoms with E-state index in [2.05, 4.69) is 13.8 Å². The number of aliphatic carboxylic acids is 1. The summed E-state index contributed by atoms with van der Waals surface area (Å²) in [6.45, 7) is 4.95. The maximum Gasteiger partial charge on any atom is 0.303 e. The largest absolute Gasteiger partial charge is 0.490 e. The Kier molecular flexibility index (Phi) is 5.97. The van der Waals surface area contributed by atoms with E-state index in [9.17, 15) is 4.79 Å². The number of benzene rings is 3. The van der Waals surface area contributed by atoms with Gasteiger partial charge in [-0.05, 0) is 60.4 Å². The number of hydrogen-bond donors (Lipinski definition) is 1. The molecule has 0 aliphatic rings. The van der Waals surface area contributed by atoms with Crippen molar-refractivity contribution in [3.05, 3.63) is 71.3 Å². The van der Waals surface area contributed by atoms with Gasteiger partial charge in [0.2, 0.25) is 0 Å². The Labute approximate surface area is 159 Å². The molecule has 0 radical (unpaired) electrons. The van der Waals surface area contributed by atoms with Gasteiger partial charge in [0, 0.05) is 12.0 Å². The van der Waals surface area contributed by atoms with Crippen LogP contribution in [0.4, 0.5) is 0 Å². The number of carbonyl (C=O) groups is 1. The molecule has 3 rings (SSSR count). The minimum atomic E-state index is -0.813. The summed E-state index contributed by atoms with van der Waals surface area (Å²) in [5.41, 5.74) is 3.36. The Morgan fingerprint density at radius 1 is 0.926 bits per heavy atom. The molecule has 0 aromatic heterocycles. The summed E-state index contributed by atoms with van der Waals surface area (Å²) >= 11 is 0. The van der Waals surface area contributed by atoms with Gasteiger partial charge in [0.1, 0.15) is 24.7 Å². The van der Waals surface area contributed by atoms with Gasteiger partial charge in [0.05, 0.1) is 0 Å². The van der Waals surface area contributed by atoms with Crippen molar-refractivity contribution in [2.24, 2.45) is 0 Å². The number of hydrogen-bond acceptors (Lipinski definition) is 3. The first-order valence-electron chi connectivity index (χ1n) is 9.10. The van der Waals surface area contributed by atoms with Crippen LogP contribution in [0.2, 0.25) is 0 Å². The number of carboxylic acid groups (broad SMARTS) is 1. The summed E-state index contributed by atoms with van der Waals surface area (Å²) in [4.78, 5) is 11.0. The molecule has 0 amide bonds. The predicted octanol–water partition coefficient (Wildman–Crippen LogP) is 4.93. The van der Waals surface area contributed by atoms with Gasteiger partial charge < -0.3 is 14.6 Å². The second-order valence-electron chi connectivity index (χ2n) is 6.60. The summed E-state index contributed by atoms with van der Waals surface area (Å²) in [5, 5.41) is 11.2. The molecule has 0 spiro atoms. The molecule has 0 fully saturated rings. The molecule has 27 heavy (non-hydrogen) atoms. The predicted molar refractivity (Wildman–Crippen MR) is 107 cm³/mol. The smallest absolute Gasteiger partial charge is 0.303 e. The van der Waals surface area contributed by atoms with Gasteiger partial charge in [-0.1, -0.05) is 36.4 Å². The van der Waals surface area contributed by atoms with Crippen LogP contribution in [0.5, 0.6) is 11.5 Å². The van der Waals surface area contributed by atoms with Crippen LogP contribution in [0, 0.1) is 13.8 Å². The Bertz CT molecular complexity index is 946. The van der Waals surface area contributed by atoms with Crippen LogP contribution < -0.4 is 9.47 Å². The Hall–Kier alpha value is -3.01. The van der Waals surface area contributed by atoms with Crippen LogP contribution in [0.3, 0.4) is 0 Å². The van der Waals surface area contributed by atoms with E-state index in [1.54, 1.807) is 0 Å². The van der Waals surface area contributed by atoms with Crippen LogP contribution in [0.25, 0.3) is 10.8 Å². The normalized spacial score (nSPS) is 10.7. The fourth-order valence-corrected chi connectivity index (χ4v) is 3.06. The minimum absolute atomic E-state index is 0.0729. The van der Waals surface area contributed by atoms with Crippen molar-refractivity contribution in [3.8, 4) is 11.5 Å². The van der Waals surface area contributed by atoms with E-state index in [4.69, 9.17) is 14.6 Å². The second-order valence-corrected chi connectivity index (χ2v) is 6.60. The van der Waals surface area contributed by atoms with Gasteiger partial charge in [-0.15, -0.1) is 0 Å². The first-order valence-corrected chi connectivity index (χ1v) is 9.10. The Balaban J connectivity index is 1.69. The maximum absolute atomic E-state index is 11.0. The van der Waals surface area contributed by atoms with Crippen molar-refractivity contribution in [2.75, 3.05) is 13.2 Å². The minimum Gasteiger partial charge on any atom is -0.490 e. The molecule has 140 valence electrons. The fraction of sp³-hybridized carbons (Fsp3) is 0.261. The van der Waals surface area contributed by atoms with E-state index in [1.807, 2.05) is 54.6 Å². The maximum atomic E-state index is 11.0. The number of aryl methyl sites for hydroxylation is 3. The molecule has 4 heteroatoms. The highest BCUT2D eigenvalue weighted by atomic mass is 16.5. The van der Waals surface area contributed by atoms with Crippen LogP contribution in [-0.2, 0) is 11.2 Å². The van der Waals surface area contributed by atoms with Crippen molar-refractivity contribution in [3.63, 3.8) is 0 Å². The van der Waals surface area contributed by atoms with Crippen LogP contribution in [-0.4, -0.2) is 24.3 Å². The van der Waals surface area contributed by atoms with Gasteiger partial charge in [-0.3, -0.25) is 4.79 Å². The third-order valence-electron chi connectivity index (χ3n) is 4.67. The molecule has 0 unspecified atom stereocenters. The fourth-order valence-electron chi connectivity index (χ4n) is 3.06. The second kappa shape index (κ2) is 8.58. The van der Waals surface area contributed by atoms with Crippen LogP contribution in [0.15, 0.2) is 54.6 Å². The highest BCUT2D eigenvalue weighted by Gasteiger charge is 2.11. The van der Waals surface area contributed by atoms with Gasteiger partial charge in [-0.25, -0.2) is 0 Å². The Morgan fingerprint density at radius 2 is 1.70 bits per heavy atom. The summed E-state index contributed by atoms with van der Waals surface area (Å²) in [5.74, 6) is 0.733. The number of ether oxygens (including phenoxy) is 2. The lowest BCUT2D eigenvalue weighted by atomic mass is 10.00. The van der Waals surface area contributed by atoms with Crippen molar-refractivity contribution in [1.29, 1.82) is 0 Å². The molecule has 1 N–H and O–H groups in total. The summed E-state index contributed by atoms with van der Waals surface area (Å²) in [6.07, 6.45) is 0.507. The van der Waals surface area contributed by atoms with Crippen molar-refractivity contribution < 1.29 is 19.4 Å². The molecular formula is C23H24O4. The molecule has 4 nitrogen and oxygen atoms in total. The third-order valence-corrected chi connectivity index (χ3v) is 4.67. The van der Waals surface area contributed by atoms with Crippen molar-refractivity contribution in [1.82, 2.24) is 0 Å². The molecule has 3 aromatic carbocycles. The zero-order chi connectivity index (χ0) is 19.2. The van der Waals surface area contributed by atoms with E-state index >= 15 is 0 Å². The van der Waals surface area contributed by atoms with Crippen molar-refractivity contribution >= 4 is 16.7 Å². The molecular weight excluding hydrogens is 340 g/mol. The number of fused-ring (bicyclic) bond motifs is 1. The zero-order valence-corrected chi connectivity index (χ0v) is 15.7. The summed E-state index contributed by atoms with van der Waals surface area (Å²) < 4.78 is 11.7. The highest BCUT2D eigenvalue weighted by molar-refractivity contribution is 5.88. The molecule has 3 aromatic rings. The molecule has 0 aliphatic heterocycles. The van der Waals surface area contributed by atoms with Crippen molar-refractivity contribution in [2.45, 2.75) is 26.7 Å². The average molecular weight is 364 g/mol. The first kappa shape index (κ1) is 18.8. The SMILES string of the molecule is Cc1ccc(OCCOc2ccc3ccccc3c2CCC(=O)O)cc1C. The lowest BCUT2D eigenvalue weighted by Gasteiger charge is -2.14. The standard InChI is InChI=1S/C23H24O4/c1-16-7-9-19(15-17(16)2)26-13-14-27-22-11-8-18-5-3-4-6-20(18)21(22)10-12-23(24)25/h3-9,11,15H,10,12-14H2,1-2H3,(H,24,25). The Morgan fingerprint density at radius 3 is 2.48 bits per heavy atom. The molecule has 0 aliphatic carbocycles. The van der Waals surface area contributed by atoms with E-state index < -0.39 is 5.97 Å². The topological polar surface area (TPSA) is 55.8 Å². The monoisotopic (exact) mass is 364 g/mol. The molecule has 0 bridgehead atoms. The van der Waals surface area contributed by atoms with Gasteiger partial charge in [0.25, 0.3) is 0 Å². The van der Waals surface area contributed by atoms with Gasteiger partial charge in [-0.2, -0.15) is 0 Å². The van der Waals surface area contributed by atoms with Gasteiger partial charge >= 0.3 is 5.97 Å². The molecule has 0 saturated carbocycles. The third kappa shape index (κ3) is 4.79. The van der Waals surface area contributed by atoms with Gasteiger partial charge in [0.15, 0.2) is 0 Å². The van der Waals surface area contributed by atoms with Crippen LogP contribution in [0.1, 0.15) is 23.1 Å². The first-order chi connectivity index (χ1) is 13.0. The number of rotatable bonds is 8. The quantitative estimate of drug-likeness (QED) is 0.576.